The maximum absolute atomic E-state index is 15.4. The number of carbonyl (C=O) groups is 1. The summed E-state index contributed by atoms with van der Waals surface area (Å²) in [6.45, 7) is 19.3. The van der Waals surface area contributed by atoms with E-state index in [1.807, 2.05) is 17.8 Å². The number of anilines is 2. The van der Waals surface area contributed by atoms with Gasteiger partial charge in [0.25, 0.3) is 0 Å². The lowest BCUT2D eigenvalue weighted by Gasteiger charge is -2.71. The topological polar surface area (TPSA) is 399 Å². The Morgan fingerprint density at radius 2 is 1.20 bits per heavy atom. The molecule has 0 amide bonds. The van der Waals surface area contributed by atoms with E-state index in [2.05, 4.69) is 115 Å². The van der Waals surface area contributed by atoms with Gasteiger partial charge in [0, 0.05) is 21.4 Å². The number of aliphatic hydroxyl groups excluding tert-OH is 14. The number of hydrogen-bond acceptors (Lipinski definition) is 28. The molecule has 0 bridgehead atoms. The van der Waals surface area contributed by atoms with Gasteiger partial charge in [-0.3, -0.25) is 4.79 Å². The number of carbonyl (C=O) groups excluding carboxylic acids is 1. The first-order chi connectivity index (χ1) is 48.9. The van der Waals surface area contributed by atoms with Crippen LogP contribution in [0.15, 0.2) is 63.9 Å². The van der Waals surface area contributed by atoms with Crippen molar-refractivity contribution in [3.63, 3.8) is 0 Å². The highest BCUT2D eigenvalue weighted by Crippen LogP contribution is 2.76. The minimum atomic E-state index is -1.93. The van der Waals surface area contributed by atoms with Crippen LogP contribution in [0.3, 0.4) is 0 Å². The number of benzene rings is 2. The monoisotopic (exact) mass is 1510 g/mol. The van der Waals surface area contributed by atoms with Crippen molar-refractivity contribution in [1.29, 1.82) is 0 Å². The van der Waals surface area contributed by atoms with E-state index in [9.17, 15) is 71.5 Å². The fourth-order valence-corrected chi connectivity index (χ4v) is 21.3. The van der Waals surface area contributed by atoms with E-state index in [0.29, 0.717) is 25.7 Å². The van der Waals surface area contributed by atoms with Gasteiger partial charge in [-0.1, -0.05) is 95.6 Å². The predicted octanol–water partition coefficient (Wildman–Crippen LogP) is 2.99. The number of nitrogens with zero attached hydrogens (tertiary/aromatic N) is 2. The van der Waals surface area contributed by atoms with Gasteiger partial charge in [-0.15, -0.1) is 0 Å². The molecule has 5 saturated heterocycles. The number of aliphatic hydroxyl groups is 14. The summed E-state index contributed by atoms with van der Waals surface area (Å²) in [6, 6.07) is 14.8. The Labute approximate surface area is 617 Å². The quantitative estimate of drug-likeness (QED) is 0.0692. The first-order valence-electron chi connectivity index (χ1n) is 37.1. The van der Waals surface area contributed by atoms with E-state index >= 15 is 4.79 Å². The molecule has 29 heteroatoms. The summed E-state index contributed by atoms with van der Waals surface area (Å²) in [5, 5.41) is 153. The minimum Gasteiger partial charge on any atom is -0.432 e. The summed E-state index contributed by atoms with van der Waals surface area (Å²) in [7, 11) is 4.23. The van der Waals surface area contributed by atoms with Gasteiger partial charge in [0.15, 0.2) is 31.3 Å². The number of ether oxygens (including phenoxy) is 10. The van der Waals surface area contributed by atoms with Crippen LogP contribution in [0.1, 0.15) is 127 Å². The molecule has 32 atom stereocenters. The molecular weight excluding hydrogens is 1400 g/mol. The smallest absolute Gasteiger partial charge is 0.317 e. The zero-order valence-electron chi connectivity index (χ0n) is 61.3. The molecule has 5 aliphatic carbocycles. The van der Waals surface area contributed by atoms with Gasteiger partial charge in [-0.05, 0) is 174 Å². The number of para-hydroxylation sites is 1. The van der Waals surface area contributed by atoms with Crippen molar-refractivity contribution in [2.75, 3.05) is 51.9 Å². The Bertz CT molecular complexity index is 3340. The highest BCUT2D eigenvalue weighted by atomic mass is 35.5. The molecule has 0 spiro atoms. The van der Waals surface area contributed by atoms with Crippen molar-refractivity contribution >= 4 is 40.7 Å². The van der Waals surface area contributed by atoms with Gasteiger partial charge in [-0.2, -0.15) is 0 Å². The third-order valence-electron chi connectivity index (χ3n) is 26.3. The lowest BCUT2D eigenvalue weighted by Crippen LogP contribution is -2.68. The van der Waals surface area contributed by atoms with Crippen LogP contribution in [0.25, 0.3) is 0 Å². The first kappa shape index (κ1) is 80.6. The molecule has 6 heterocycles. The summed E-state index contributed by atoms with van der Waals surface area (Å²) in [4.78, 5) is 22.6. The van der Waals surface area contributed by atoms with Crippen LogP contribution in [0.5, 0.6) is 0 Å². The van der Waals surface area contributed by atoms with Crippen LogP contribution < -0.4 is 4.90 Å². The van der Waals surface area contributed by atoms with Crippen molar-refractivity contribution in [1.82, 2.24) is 4.90 Å². The Kier molecular flexibility index (Phi) is 24.0. The molecule has 6 aliphatic heterocycles. The fraction of sp³-hybridized carbons (Fsp3) is 0.800. The molecule has 32 unspecified atom stereocenters. The Morgan fingerprint density at radius 3 is 1.87 bits per heavy atom. The molecule has 13 rings (SSSR count). The number of esters is 1. The first-order valence-corrected chi connectivity index (χ1v) is 38.3. The number of allylic oxidation sites excluding steroid dienone is 2. The van der Waals surface area contributed by atoms with E-state index in [-0.39, 0.29) is 47.5 Å². The molecule has 2 aromatic carbocycles. The normalized spacial score (nSPS) is 46.7. The van der Waals surface area contributed by atoms with Gasteiger partial charge in [0.1, 0.15) is 97.0 Å². The summed E-state index contributed by atoms with van der Waals surface area (Å²) >= 11 is 8.03. The highest BCUT2D eigenvalue weighted by molar-refractivity contribution is 7.99. The van der Waals surface area contributed by atoms with Crippen molar-refractivity contribution in [2.24, 2.45) is 50.2 Å². The van der Waals surface area contributed by atoms with Crippen LogP contribution in [0, 0.1) is 50.2 Å². The van der Waals surface area contributed by atoms with Crippen molar-refractivity contribution in [3.8, 4) is 0 Å². The van der Waals surface area contributed by atoms with Crippen LogP contribution >= 0.6 is 23.4 Å². The standard InChI is InChI=1S/C58H94O25.C17H19ClN2S/c1-23-44(80-47-40(69)34(63)27(60)21-74-47)38(67)42(71)48(76-23)79-33-13-14-55(7)30(54(33,5)6)12-15-56(8)31(55)11-10-25-26-18-53(3,4)16-17-58(26,32(62)19-57(25,56)9)52(73)83-51-46(35(64)28(61)22-75-51)82-49-43(72)39(68)45(24(2)77-49)81-50-41(70)37(66)36(65)29(20-59)78-50;1-19(2)10-5-11-20-14-6-3-4-7-16(14)21-17-9-8-13(18)12-15(17)20/h10,23-24,26-51,59-72H,11-22H2,1-9H3;3-4,6-9,12H,5,10-11H2,1-2H3. The largest absolute Gasteiger partial charge is 0.432 e. The molecule has 9 fully saturated rings. The third kappa shape index (κ3) is 14.6. The summed E-state index contributed by atoms with van der Waals surface area (Å²) in [5.74, 6) is -1.00. The number of halogens is 1. The zero-order valence-corrected chi connectivity index (χ0v) is 62.9. The average Bonchev–Trinajstić information content (AvgIpc) is 0.671. The molecular formula is C75H113ClN2O25S. The Balaban J connectivity index is 0.000000412. The van der Waals surface area contributed by atoms with Crippen LogP contribution in [-0.2, 0) is 52.2 Å². The van der Waals surface area contributed by atoms with Crippen molar-refractivity contribution in [3.05, 3.63) is 59.1 Å². The maximum atomic E-state index is 15.4. The Hall–Kier alpha value is -2.87. The van der Waals surface area contributed by atoms with Gasteiger partial charge in [-0.25, -0.2) is 0 Å². The highest BCUT2D eigenvalue weighted by Gasteiger charge is 2.72. The predicted molar refractivity (Wildman–Crippen MR) is 374 cm³/mol. The zero-order chi connectivity index (χ0) is 75.4. The summed E-state index contributed by atoms with van der Waals surface area (Å²) < 4.78 is 59.6. The summed E-state index contributed by atoms with van der Waals surface area (Å²) in [6.07, 6.45) is -28.1. The Morgan fingerprint density at radius 1 is 0.615 bits per heavy atom. The van der Waals surface area contributed by atoms with Crippen molar-refractivity contribution < 1.29 is 124 Å². The van der Waals surface area contributed by atoms with Crippen LogP contribution in [0.4, 0.5) is 11.4 Å². The minimum absolute atomic E-state index is 0.129. The molecule has 586 valence electrons. The second-order valence-corrected chi connectivity index (χ2v) is 35.3. The molecule has 14 N–H and O–H groups in total. The van der Waals surface area contributed by atoms with E-state index in [1.54, 1.807) is 6.92 Å². The van der Waals surface area contributed by atoms with Crippen molar-refractivity contribution in [2.45, 2.75) is 290 Å². The molecule has 2 aromatic rings. The molecule has 4 saturated carbocycles. The number of fused-ring (bicyclic) bond motifs is 9. The van der Waals surface area contributed by atoms with Gasteiger partial charge >= 0.3 is 5.97 Å². The lowest BCUT2D eigenvalue weighted by atomic mass is 9.33. The molecule has 11 aliphatic rings. The molecule has 104 heavy (non-hydrogen) atoms. The van der Waals surface area contributed by atoms with E-state index in [0.717, 1.165) is 49.4 Å². The number of hydrogen-bond donors (Lipinski definition) is 14. The fourth-order valence-electron chi connectivity index (χ4n) is 20.1. The summed E-state index contributed by atoms with van der Waals surface area (Å²) in [5.41, 5.74) is 0.239. The number of rotatable bonds is 15. The van der Waals surface area contributed by atoms with E-state index < -0.39 is 195 Å². The van der Waals surface area contributed by atoms with E-state index in [4.69, 9.17) is 59.0 Å². The third-order valence-corrected chi connectivity index (χ3v) is 27.6. The lowest BCUT2D eigenvalue weighted by molar-refractivity contribution is -0.374. The maximum Gasteiger partial charge on any atom is 0.317 e. The molecule has 27 nitrogen and oxygen atoms in total. The molecule has 0 radical (unpaired) electrons. The van der Waals surface area contributed by atoms with Gasteiger partial charge in [0.2, 0.25) is 6.29 Å². The molecule has 0 aromatic heterocycles. The van der Waals surface area contributed by atoms with Crippen LogP contribution in [-0.4, -0.2) is 283 Å². The van der Waals surface area contributed by atoms with E-state index in [1.165, 1.54) is 28.1 Å². The second kappa shape index (κ2) is 31.0. The SMILES string of the molecule is CC1OC(OC2CCC3(C)C(CCC4(C)C3CC=C3C5CC(C)(C)CCC5(C(=O)OC5OCC(O)C(O)C5OC5OC(C)C(OC6OC(CO)C(O)C(O)C6O)C(O)C5O)C(O)CC34C)C2(C)C)C(O)C(O)C1OC1OCC(O)C(O)C1O.CN(C)CCCN1c2ccccc2Sc2ccc(Cl)cc21. The second-order valence-electron chi connectivity index (χ2n) is 33.7. The van der Waals surface area contributed by atoms with Crippen LogP contribution in [0.2, 0.25) is 5.02 Å². The average molecular weight is 1510 g/mol. The van der Waals surface area contributed by atoms with Gasteiger partial charge < -0.3 is 129 Å². The van der Waals surface area contributed by atoms with Gasteiger partial charge in [0.05, 0.1) is 55.6 Å².